The molecule has 0 bridgehead atoms. The van der Waals surface area contributed by atoms with Crippen molar-refractivity contribution >= 4 is 28.5 Å². The normalized spacial score (nSPS) is 13.7. The number of alkyl halides is 3. The van der Waals surface area contributed by atoms with Gasteiger partial charge in [-0.3, -0.25) is 0 Å². The maximum absolute atomic E-state index is 13.4. The number of H-pyrrole nitrogens is 1. The van der Waals surface area contributed by atoms with Crippen LogP contribution >= 0.6 is 0 Å². The third-order valence-corrected chi connectivity index (χ3v) is 4.25. The Bertz CT molecular complexity index is 1030. The van der Waals surface area contributed by atoms with Crippen molar-refractivity contribution in [1.29, 1.82) is 0 Å². The summed E-state index contributed by atoms with van der Waals surface area (Å²) in [6, 6.07) is 6.30. The Hall–Kier alpha value is -3.17. The van der Waals surface area contributed by atoms with E-state index >= 15 is 0 Å². The molecule has 0 aliphatic carbocycles. The van der Waals surface area contributed by atoms with Crippen molar-refractivity contribution in [2.24, 2.45) is 5.92 Å². The van der Waals surface area contributed by atoms with Gasteiger partial charge in [0.05, 0.1) is 16.6 Å². The summed E-state index contributed by atoms with van der Waals surface area (Å²) >= 11 is 0. The van der Waals surface area contributed by atoms with Crippen LogP contribution in [0.4, 0.5) is 30.6 Å². The number of halogens is 3. The van der Waals surface area contributed by atoms with Gasteiger partial charge in [-0.25, -0.2) is 0 Å². The molecule has 3 N–H and O–H groups in total. The van der Waals surface area contributed by atoms with Gasteiger partial charge in [-0.2, -0.15) is 23.1 Å². The van der Waals surface area contributed by atoms with Gasteiger partial charge in [0.15, 0.2) is 11.5 Å². The van der Waals surface area contributed by atoms with E-state index in [4.69, 9.17) is 9.47 Å². The number of ether oxygens (including phenoxy) is 2. The van der Waals surface area contributed by atoms with Crippen molar-refractivity contribution in [2.75, 3.05) is 30.4 Å². The van der Waals surface area contributed by atoms with E-state index < -0.39 is 11.7 Å². The predicted octanol–water partition coefficient (Wildman–Crippen LogP) is 4.36. The minimum absolute atomic E-state index is 0.0783. The Morgan fingerprint density at radius 2 is 2.03 bits per heavy atom. The summed E-state index contributed by atoms with van der Waals surface area (Å²) in [4.78, 5) is 11.1. The lowest BCUT2D eigenvalue weighted by Gasteiger charge is -2.21. The molecule has 2 aromatic heterocycles. The van der Waals surface area contributed by atoms with Crippen LogP contribution in [0, 0.1) is 12.0 Å². The van der Waals surface area contributed by atoms with Gasteiger partial charge in [-0.05, 0) is 18.1 Å². The maximum atomic E-state index is 13.4. The Labute approximate surface area is 164 Å². The van der Waals surface area contributed by atoms with Gasteiger partial charge in [0.2, 0.25) is 5.95 Å². The lowest BCUT2D eigenvalue weighted by Crippen LogP contribution is -2.16. The minimum atomic E-state index is -4.52. The average molecular weight is 406 g/mol. The van der Waals surface area contributed by atoms with Gasteiger partial charge in [0.25, 0.3) is 0 Å². The lowest BCUT2D eigenvalue weighted by atomic mass is 10.2. The van der Waals surface area contributed by atoms with Crippen LogP contribution in [0.3, 0.4) is 0 Å². The van der Waals surface area contributed by atoms with Gasteiger partial charge in [-0.15, -0.1) is 0 Å². The Kier molecular flexibility index (Phi) is 4.85. The average Bonchev–Trinajstić information content (AvgIpc) is 3.11. The van der Waals surface area contributed by atoms with Crippen molar-refractivity contribution in [2.45, 2.75) is 20.0 Å². The van der Waals surface area contributed by atoms with Gasteiger partial charge < -0.3 is 25.1 Å². The first kappa shape index (κ1) is 19.2. The number of nitrogens with one attached hydrogen (secondary N) is 3. The molecule has 0 atom stereocenters. The van der Waals surface area contributed by atoms with Crippen molar-refractivity contribution in [1.82, 2.24) is 15.0 Å². The van der Waals surface area contributed by atoms with E-state index in [9.17, 15) is 13.2 Å². The van der Waals surface area contributed by atoms with E-state index in [-0.39, 0.29) is 28.7 Å². The van der Waals surface area contributed by atoms with Crippen molar-refractivity contribution < 1.29 is 22.6 Å². The van der Waals surface area contributed by atoms with Crippen LogP contribution in [0.2, 0.25) is 0 Å². The molecule has 1 aliphatic heterocycles. The number of rotatable bonds is 5. The predicted molar refractivity (Wildman–Crippen MR) is 102 cm³/mol. The Morgan fingerprint density at radius 1 is 1.24 bits per heavy atom. The first-order valence-corrected chi connectivity index (χ1v) is 9.10. The number of fused-ring (bicyclic) bond motifs is 2. The number of aromatic amines is 1. The highest BCUT2D eigenvalue weighted by Gasteiger charge is 2.35. The van der Waals surface area contributed by atoms with E-state index in [0.717, 1.165) is 6.20 Å². The molecule has 0 unspecified atom stereocenters. The van der Waals surface area contributed by atoms with Gasteiger partial charge >= 0.3 is 6.18 Å². The molecule has 153 valence electrons. The molecule has 3 aromatic rings. The number of hydrogen-bond donors (Lipinski definition) is 3. The third kappa shape index (κ3) is 3.87. The van der Waals surface area contributed by atoms with E-state index in [1.165, 1.54) is 0 Å². The van der Waals surface area contributed by atoms with Crippen molar-refractivity contribution in [3.05, 3.63) is 30.0 Å². The zero-order valence-corrected chi connectivity index (χ0v) is 15.8. The first-order valence-electron chi connectivity index (χ1n) is 9.10. The maximum Gasteiger partial charge on any atom is 0.418 e. The third-order valence-electron chi connectivity index (χ3n) is 4.25. The summed E-state index contributed by atoms with van der Waals surface area (Å²) in [6.07, 6.45) is -3.62. The molecule has 1 radical (unpaired) electrons. The molecule has 0 fully saturated rings. The molecule has 0 amide bonds. The van der Waals surface area contributed by atoms with Gasteiger partial charge in [0.1, 0.15) is 24.7 Å². The topological polar surface area (TPSA) is 84.1 Å². The Morgan fingerprint density at radius 3 is 2.79 bits per heavy atom. The fourth-order valence-electron chi connectivity index (χ4n) is 2.96. The van der Waals surface area contributed by atoms with Crippen LogP contribution < -0.4 is 20.1 Å². The second-order valence-electron chi connectivity index (χ2n) is 6.97. The summed E-state index contributed by atoms with van der Waals surface area (Å²) in [5.41, 5.74) is -0.196. The fraction of sp³-hybridized carbons (Fsp3) is 0.368. The standard InChI is InChI=1S/C19H19F3N5O2/c1-10(2)8-23-16-14-11(19(20,21)22)9-24-17(14)27-18(26-16)25-12-4-3-5-13-15(12)29-7-6-28-13/h3-4,9-10H,6-8H2,1-2H3,(H3,23,24,25,26,27). The molecule has 29 heavy (non-hydrogen) atoms. The van der Waals surface area contributed by atoms with Crippen molar-refractivity contribution in [3.8, 4) is 11.5 Å². The molecular weight excluding hydrogens is 387 g/mol. The quantitative estimate of drug-likeness (QED) is 0.584. The number of anilines is 3. The molecular formula is C19H19F3N5O2. The molecule has 1 aliphatic rings. The van der Waals surface area contributed by atoms with Crippen LogP contribution in [0.15, 0.2) is 18.3 Å². The molecule has 3 heterocycles. The van der Waals surface area contributed by atoms with Gasteiger partial charge in [-0.1, -0.05) is 13.8 Å². The first-order chi connectivity index (χ1) is 13.8. The van der Waals surface area contributed by atoms with Crippen LogP contribution in [0.1, 0.15) is 19.4 Å². The number of benzene rings is 1. The number of aromatic nitrogens is 3. The zero-order chi connectivity index (χ0) is 20.6. The summed E-state index contributed by atoms with van der Waals surface area (Å²) in [5, 5.41) is 5.92. The minimum Gasteiger partial charge on any atom is -0.485 e. The second-order valence-corrected chi connectivity index (χ2v) is 6.97. The molecule has 7 nitrogen and oxygen atoms in total. The zero-order valence-electron chi connectivity index (χ0n) is 15.8. The summed E-state index contributed by atoms with van der Waals surface area (Å²) in [5.74, 6) is 1.36. The van der Waals surface area contributed by atoms with Crippen molar-refractivity contribution in [3.63, 3.8) is 0 Å². The summed E-state index contributed by atoms with van der Waals surface area (Å²) < 4.78 is 51.4. The molecule has 10 heteroatoms. The van der Waals surface area contributed by atoms with Crippen LogP contribution in [0.5, 0.6) is 11.5 Å². The van der Waals surface area contributed by atoms with E-state index in [0.29, 0.717) is 36.9 Å². The molecule has 1 aromatic carbocycles. The van der Waals surface area contributed by atoms with E-state index in [2.05, 4.69) is 31.7 Å². The second kappa shape index (κ2) is 7.34. The molecule has 4 rings (SSSR count). The summed E-state index contributed by atoms with van der Waals surface area (Å²) in [6.45, 7) is 5.17. The lowest BCUT2D eigenvalue weighted by molar-refractivity contribution is -0.136. The molecule has 0 saturated heterocycles. The summed E-state index contributed by atoms with van der Waals surface area (Å²) in [7, 11) is 0. The monoisotopic (exact) mass is 406 g/mol. The fourth-order valence-corrected chi connectivity index (χ4v) is 2.96. The molecule has 0 saturated carbocycles. The highest BCUT2D eigenvalue weighted by Crippen LogP contribution is 2.40. The largest absolute Gasteiger partial charge is 0.485 e. The smallest absolute Gasteiger partial charge is 0.418 e. The van der Waals surface area contributed by atoms with Crippen LogP contribution in [-0.4, -0.2) is 34.7 Å². The van der Waals surface area contributed by atoms with Gasteiger partial charge in [0, 0.05) is 18.8 Å². The number of nitrogens with zero attached hydrogens (tertiary/aromatic N) is 2. The van der Waals surface area contributed by atoms with Crippen LogP contribution in [0.25, 0.3) is 11.0 Å². The van der Waals surface area contributed by atoms with E-state index in [1.54, 1.807) is 12.1 Å². The highest BCUT2D eigenvalue weighted by molar-refractivity contribution is 5.92. The van der Waals surface area contributed by atoms with Crippen LogP contribution in [-0.2, 0) is 6.18 Å². The number of hydrogen-bond acceptors (Lipinski definition) is 6. The Balaban J connectivity index is 1.76. The highest BCUT2D eigenvalue weighted by atomic mass is 19.4. The SMILES string of the molecule is CC(C)CNc1nc(Nc2cc[c]c3c2OCCO3)nc2[nH]cc(C(F)(F)F)c12. The molecule has 0 spiro atoms. The van der Waals surface area contributed by atoms with E-state index in [1.807, 2.05) is 13.8 Å².